The Kier molecular flexibility index (Phi) is 42.1. The molecule has 0 rings (SSSR count). The number of phosphoric acid groups is 1. The van der Waals surface area contributed by atoms with Gasteiger partial charge in [0.2, 0.25) is 0 Å². The van der Waals surface area contributed by atoms with Crippen molar-refractivity contribution in [1.82, 2.24) is 0 Å². The van der Waals surface area contributed by atoms with Gasteiger partial charge in [-0.15, -0.1) is 0 Å². The number of ether oxygens (including phenoxy) is 2. The van der Waals surface area contributed by atoms with Crippen LogP contribution in [-0.2, 0) is 32.7 Å². The number of quaternary nitrogens is 1. The normalized spacial score (nSPS) is 13.5. The Bertz CT molecular complexity index is 1030. The molecule has 0 bridgehead atoms. The fraction of sp³-hybridized carbons (Fsp3) is 0.920. The lowest BCUT2D eigenvalue weighted by Gasteiger charge is -2.24. The molecule has 0 aliphatic rings. The summed E-state index contributed by atoms with van der Waals surface area (Å²) in [7, 11) is 1.49. The Morgan fingerprint density at radius 2 is 0.850 bits per heavy atom. The third kappa shape index (κ3) is 46.3. The van der Waals surface area contributed by atoms with Crippen molar-refractivity contribution >= 4 is 19.8 Å². The van der Waals surface area contributed by atoms with E-state index in [1.54, 1.807) is 0 Å². The number of esters is 2. The van der Waals surface area contributed by atoms with Gasteiger partial charge in [0.05, 0.1) is 27.7 Å². The van der Waals surface area contributed by atoms with Crippen molar-refractivity contribution in [3.05, 3.63) is 12.2 Å². The Morgan fingerprint density at radius 3 is 1.25 bits per heavy atom. The quantitative estimate of drug-likeness (QED) is 0.0212. The van der Waals surface area contributed by atoms with Gasteiger partial charge in [0.15, 0.2) is 6.10 Å². The molecule has 0 amide bonds. The summed E-state index contributed by atoms with van der Waals surface area (Å²) in [5.41, 5.74) is 0. The lowest BCUT2D eigenvalue weighted by molar-refractivity contribution is -0.870. The number of hydrogen-bond donors (Lipinski definition) is 1. The highest BCUT2D eigenvalue weighted by atomic mass is 31.2. The van der Waals surface area contributed by atoms with Crippen LogP contribution in [0, 0.1) is 0 Å². The molecule has 2 atom stereocenters. The van der Waals surface area contributed by atoms with E-state index in [2.05, 4.69) is 26.0 Å². The predicted octanol–water partition coefficient (Wildman–Crippen LogP) is 14.9. The number of rotatable bonds is 47. The molecule has 60 heavy (non-hydrogen) atoms. The van der Waals surface area contributed by atoms with Gasteiger partial charge >= 0.3 is 19.8 Å². The van der Waals surface area contributed by atoms with Crippen LogP contribution in [0.1, 0.15) is 245 Å². The zero-order valence-electron chi connectivity index (χ0n) is 40.2. The van der Waals surface area contributed by atoms with Crippen LogP contribution in [0.2, 0.25) is 0 Å². The molecule has 9 nitrogen and oxygen atoms in total. The first-order chi connectivity index (χ1) is 29.0. The minimum absolute atomic E-state index is 0.0342. The second kappa shape index (κ2) is 43.0. The van der Waals surface area contributed by atoms with E-state index in [-0.39, 0.29) is 25.6 Å². The molecule has 0 saturated heterocycles. The maximum atomic E-state index is 12.7. The minimum Gasteiger partial charge on any atom is -0.462 e. The number of hydrogen-bond acceptors (Lipinski definition) is 7. The molecule has 0 radical (unpaired) electrons. The van der Waals surface area contributed by atoms with Crippen LogP contribution >= 0.6 is 7.82 Å². The van der Waals surface area contributed by atoms with Gasteiger partial charge in [-0.1, -0.05) is 206 Å². The molecule has 0 aromatic rings. The predicted molar refractivity (Wildman–Crippen MR) is 252 cm³/mol. The average Bonchev–Trinajstić information content (AvgIpc) is 3.20. The van der Waals surface area contributed by atoms with Gasteiger partial charge in [-0.3, -0.25) is 18.6 Å². The fourth-order valence-electron chi connectivity index (χ4n) is 7.31. The summed E-state index contributed by atoms with van der Waals surface area (Å²) in [5, 5.41) is 0. The second-order valence-corrected chi connectivity index (χ2v) is 20.0. The van der Waals surface area contributed by atoms with E-state index in [4.69, 9.17) is 18.5 Å². The summed E-state index contributed by atoms with van der Waals surface area (Å²) in [4.78, 5) is 35.5. The van der Waals surface area contributed by atoms with Crippen LogP contribution in [0.25, 0.3) is 0 Å². The SMILES string of the molecule is CCCCCC/C=C\CCCCCCCCCC(=O)O[C@H](COC(=O)CCCCCCCCCCCCCCCCCCCCCCC)COP(=O)(O)OCC[N+](C)(C)C. The maximum absolute atomic E-state index is 12.7. The molecule has 0 aliphatic heterocycles. The number of allylic oxidation sites excluding steroid dienone is 2. The Hall–Kier alpha value is -1.25. The van der Waals surface area contributed by atoms with E-state index in [1.807, 2.05) is 21.1 Å². The molecular weight excluding hydrogens is 774 g/mol. The van der Waals surface area contributed by atoms with E-state index in [0.717, 1.165) is 44.9 Å². The molecule has 1 unspecified atom stereocenters. The van der Waals surface area contributed by atoms with Gasteiger partial charge in [0.25, 0.3) is 0 Å². The molecule has 0 saturated carbocycles. The van der Waals surface area contributed by atoms with Crippen LogP contribution < -0.4 is 0 Å². The molecule has 0 heterocycles. The maximum Gasteiger partial charge on any atom is 0.472 e. The third-order valence-corrected chi connectivity index (χ3v) is 12.3. The molecule has 10 heteroatoms. The monoisotopic (exact) mass is 873 g/mol. The van der Waals surface area contributed by atoms with Gasteiger partial charge in [0.1, 0.15) is 19.8 Å². The van der Waals surface area contributed by atoms with Crippen molar-refractivity contribution in [3.63, 3.8) is 0 Å². The number of carbonyl (C=O) groups is 2. The number of nitrogens with zero attached hydrogens (tertiary/aromatic N) is 1. The highest BCUT2D eigenvalue weighted by molar-refractivity contribution is 7.47. The van der Waals surface area contributed by atoms with Crippen molar-refractivity contribution in [2.24, 2.45) is 0 Å². The van der Waals surface area contributed by atoms with E-state index < -0.39 is 26.5 Å². The Balaban J connectivity index is 4.19. The van der Waals surface area contributed by atoms with Crippen molar-refractivity contribution in [1.29, 1.82) is 0 Å². The molecule has 1 N–H and O–H groups in total. The molecule has 0 aromatic carbocycles. The summed E-state index contributed by atoms with van der Waals surface area (Å²) in [6.07, 6.45) is 46.9. The first-order valence-electron chi connectivity index (χ1n) is 25.4. The summed E-state index contributed by atoms with van der Waals surface area (Å²) >= 11 is 0. The van der Waals surface area contributed by atoms with Gasteiger partial charge in [0, 0.05) is 12.8 Å². The number of phosphoric ester groups is 1. The third-order valence-electron chi connectivity index (χ3n) is 11.3. The number of unbranched alkanes of at least 4 members (excludes halogenated alkanes) is 31. The smallest absolute Gasteiger partial charge is 0.462 e. The highest BCUT2D eigenvalue weighted by Gasteiger charge is 2.27. The summed E-state index contributed by atoms with van der Waals surface area (Å²) in [6, 6.07) is 0. The van der Waals surface area contributed by atoms with E-state index in [0.29, 0.717) is 23.9 Å². The number of likely N-dealkylation sites (N-methyl/N-ethyl adjacent to an activating group) is 1. The molecule has 356 valence electrons. The van der Waals surface area contributed by atoms with Crippen LogP contribution in [0.15, 0.2) is 12.2 Å². The first-order valence-corrected chi connectivity index (χ1v) is 26.9. The number of carbonyl (C=O) groups excluding carboxylic acids is 2. The second-order valence-electron chi connectivity index (χ2n) is 18.6. The van der Waals surface area contributed by atoms with Gasteiger partial charge < -0.3 is 18.9 Å². The Labute approximate surface area is 371 Å². The molecule has 0 fully saturated rings. The minimum atomic E-state index is -4.37. The largest absolute Gasteiger partial charge is 0.472 e. The van der Waals surface area contributed by atoms with E-state index in [1.165, 1.54) is 167 Å². The fourth-order valence-corrected chi connectivity index (χ4v) is 8.05. The first kappa shape index (κ1) is 58.8. The van der Waals surface area contributed by atoms with Gasteiger partial charge in [-0.05, 0) is 38.5 Å². The van der Waals surface area contributed by atoms with E-state index >= 15 is 0 Å². The van der Waals surface area contributed by atoms with Crippen LogP contribution in [0.4, 0.5) is 0 Å². The van der Waals surface area contributed by atoms with Crippen LogP contribution in [-0.4, -0.2) is 74.9 Å². The Morgan fingerprint density at radius 1 is 0.500 bits per heavy atom. The van der Waals surface area contributed by atoms with Gasteiger partial charge in [-0.2, -0.15) is 0 Å². The van der Waals surface area contributed by atoms with Crippen molar-refractivity contribution in [2.75, 3.05) is 47.5 Å². The van der Waals surface area contributed by atoms with Crippen molar-refractivity contribution < 1.29 is 42.1 Å². The topological polar surface area (TPSA) is 108 Å². The molecule has 0 aliphatic carbocycles. The highest BCUT2D eigenvalue weighted by Crippen LogP contribution is 2.43. The standard InChI is InChI=1S/C50H98NO8P/c1-6-8-10-12-14-16-18-20-22-23-24-25-26-27-29-30-32-34-36-38-40-42-49(52)56-46-48(47-58-60(54,55)57-45-44-51(3,4)5)59-50(53)43-41-39-37-35-33-31-28-21-19-17-15-13-11-9-7-2/h17,19,48H,6-16,18,20-47H2,1-5H3/p+1/b19-17-/t48-/m1/s1. The lowest BCUT2D eigenvalue weighted by Crippen LogP contribution is -2.37. The molecule has 0 spiro atoms. The molecular formula is C50H99NO8P+. The summed E-state index contributed by atoms with van der Waals surface area (Å²) in [5.74, 6) is -0.789. The zero-order valence-corrected chi connectivity index (χ0v) is 41.1. The van der Waals surface area contributed by atoms with Crippen LogP contribution in [0.3, 0.4) is 0 Å². The van der Waals surface area contributed by atoms with Crippen LogP contribution in [0.5, 0.6) is 0 Å². The van der Waals surface area contributed by atoms with E-state index in [9.17, 15) is 19.0 Å². The summed E-state index contributed by atoms with van der Waals surface area (Å²) < 4.78 is 34.4. The summed E-state index contributed by atoms with van der Waals surface area (Å²) in [6.45, 7) is 4.45. The lowest BCUT2D eigenvalue weighted by atomic mass is 10.0. The van der Waals surface area contributed by atoms with Gasteiger partial charge in [-0.25, -0.2) is 4.57 Å². The van der Waals surface area contributed by atoms with Crippen molar-refractivity contribution in [3.8, 4) is 0 Å². The molecule has 0 aromatic heterocycles. The van der Waals surface area contributed by atoms with Crippen molar-refractivity contribution in [2.45, 2.75) is 251 Å². The zero-order chi connectivity index (χ0) is 44.3. The average molecular weight is 873 g/mol.